The summed E-state index contributed by atoms with van der Waals surface area (Å²) in [5, 5.41) is 6.78. The smallest absolute Gasteiger partial charge is 0.242 e. The Labute approximate surface area is 77.5 Å². The third-order valence-electron chi connectivity index (χ3n) is 1.72. The second-order valence-corrected chi connectivity index (χ2v) is 2.82. The van der Waals surface area contributed by atoms with E-state index >= 15 is 0 Å². The molecule has 1 heterocycles. The molecule has 0 amide bonds. The Hall–Kier alpha value is -1.58. The molecule has 0 aliphatic heterocycles. The van der Waals surface area contributed by atoms with Gasteiger partial charge in [0.25, 0.3) is 0 Å². The minimum Gasteiger partial charge on any atom is -0.273 e. The summed E-state index contributed by atoms with van der Waals surface area (Å²) in [5.74, 6) is 0.766. The van der Waals surface area contributed by atoms with Crippen molar-refractivity contribution in [3.63, 3.8) is 0 Å². The standard InChI is InChI=1S/C9H9BN3/c1-7-11-9(13-12-7)10-8-5-3-2-4-6-8/h2-6H,1H3,(H,11,12,13). The number of nitrogens with zero attached hydrogens (tertiary/aromatic N) is 2. The summed E-state index contributed by atoms with van der Waals surface area (Å²) in [6.07, 6.45) is 0. The summed E-state index contributed by atoms with van der Waals surface area (Å²) in [5.41, 5.74) is 1.92. The Morgan fingerprint density at radius 1 is 1.23 bits per heavy atom. The molecule has 3 nitrogen and oxygen atoms in total. The molecule has 0 bridgehead atoms. The Morgan fingerprint density at radius 2 is 2.00 bits per heavy atom. The first-order chi connectivity index (χ1) is 6.34. The van der Waals surface area contributed by atoms with Gasteiger partial charge in [0.2, 0.25) is 7.28 Å². The Balaban J connectivity index is 2.15. The average molecular weight is 170 g/mol. The van der Waals surface area contributed by atoms with Crippen molar-refractivity contribution < 1.29 is 0 Å². The molecule has 63 valence electrons. The molecule has 1 N–H and O–H groups in total. The second kappa shape index (κ2) is 3.43. The summed E-state index contributed by atoms with van der Waals surface area (Å²) >= 11 is 0. The number of hydrogen-bond donors (Lipinski definition) is 1. The first kappa shape index (κ1) is 8.04. The highest BCUT2D eigenvalue weighted by Gasteiger charge is 2.01. The maximum atomic E-state index is 4.18. The quantitative estimate of drug-likeness (QED) is 0.632. The second-order valence-electron chi connectivity index (χ2n) is 2.82. The van der Waals surface area contributed by atoms with Crippen molar-refractivity contribution in [2.75, 3.05) is 0 Å². The Morgan fingerprint density at radius 3 is 2.62 bits per heavy atom. The van der Waals surface area contributed by atoms with Gasteiger partial charge in [0, 0.05) is 0 Å². The zero-order chi connectivity index (χ0) is 9.10. The molecular formula is C9H9BN3. The molecule has 0 aliphatic carbocycles. The van der Waals surface area contributed by atoms with E-state index in [0.717, 1.165) is 17.0 Å². The molecule has 0 fully saturated rings. The largest absolute Gasteiger partial charge is 0.273 e. The lowest BCUT2D eigenvalue weighted by atomic mass is 9.70. The summed E-state index contributed by atoms with van der Waals surface area (Å²) in [4.78, 5) is 4.18. The maximum absolute atomic E-state index is 4.18. The van der Waals surface area contributed by atoms with E-state index in [1.807, 2.05) is 44.5 Å². The van der Waals surface area contributed by atoms with Gasteiger partial charge in [-0.15, -0.1) is 0 Å². The van der Waals surface area contributed by atoms with Gasteiger partial charge in [-0.05, 0) is 6.92 Å². The zero-order valence-corrected chi connectivity index (χ0v) is 7.36. The van der Waals surface area contributed by atoms with Crippen LogP contribution in [0.25, 0.3) is 0 Å². The number of aryl methyl sites for hydroxylation is 1. The van der Waals surface area contributed by atoms with Gasteiger partial charge in [0.1, 0.15) is 5.82 Å². The van der Waals surface area contributed by atoms with Crippen LogP contribution in [0.1, 0.15) is 5.82 Å². The van der Waals surface area contributed by atoms with Crippen molar-refractivity contribution in [3.05, 3.63) is 36.2 Å². The van der Waals surface area contributed by atoms with Gasteiger partial charge in [-0.25, -0.2) is 4.98 Å². The van der Waals surface area contributed by atoms with Crippen LogP contribution in [0.3, 0.4) is 0 Å². The van der Waals surface area contributed by atoms with Gasteiger partial charge >= 0.3 is 0 Å². The van der Waals surface area contributed by atoms with Crippen LogP contribution >= 0.6 is 0 Å². The van der Waals surface area contributed by atoms with Crippen molar-refractivity contribution in [2.45, 2.75) is 6.92 Å². The van der Waals surface area contributed by atoms with Crippen molar-refractivity contribution in [1.29, 1.82) is 0 Å². The van der Waals surface area contributed by atoms with Gasteiger partial charge in [-0.2, -0.15) is 5.10 Å². The van der Waals surface area contributed by atoms with Crippen LogP contribution in [-0.4, -0.2) is 22.5 Å². The number of H-pyrrole nitrogens is 1. The summed E-state index contributed by atoms with van der Waals surface area (Å²) < 4.78 is 0. The fourth-order valence-corrected chi connectivity index (χ4v) is 1.13. The van der Waals surface area contributed by atoms with Crippen LogP contribution in [0.4, 0.5) is 0 Å². The molecule has 2 rings (SSSR count). The van der Waals surface area contributed by atoms with Gasteiger partial charge in [-0.3, -0.25) is 5.10 Å². The number of benzene rings is 1. The molecule has 2 aromatic rings. The summed E-state index contributed by atoms with van der Waals surface area (Å²) in [6.45, 7) is 1.86. The molecule has 0 spiro atoms. The highest BCUT2D eigenvalue weighted by molar-refractivity contribution is 6.65. The van der Waals surface area contributed by atoms with Crippen molar-refractivity contribution in [3.8, 4) is 0 Å². The van der Waals surface area contributed by atoms with Gasteiger partial charge in [0.15, 0.2) is 0 Å². The highest BCUT2D eigenvalue weighted by Crippen LogP contribution is 1.81. The van der Waals surface area contributed by atoms with Gasteiger partial charge in [0.05, 0.1) is 5.72 Å². The van der Waals surface area contributed by atoms with E-state index in [9.17, 15) is 0 Å². The van der Waals surface area contributed by atoms with Crippen molar-refractivity contribution in [1.82, 2.24) is 15.2 Å². The third kappa shape index (κ3) is 1.96. The average Bonchev–Trinajstić information content (AvgIpc) is 2.53. The molecule has 1 aromatic heterocycles. The maximum Gasteiger partial charge on any atom is 0.242 e. The predicted octanol–water partition coefficient (Wildman–Crippen LogP) is -0.232. The molecular weight excluding hydrogens is 161 g/mol. The summed E-state index contributed by atoms with van der Waals surface area (Å²) in [6, 6.07) is 10.0. The number of rotatable bonds is 2. The predicted molar refractivity (Wildman–Crippen MR) is 52.6 cm³/mol. The molecule has 0 atom stereocenters. The molecule has 13 heavy (non-hydrogen) atoms. The molecule has 0 saturated carbocycles. The number of aromatic amines is 1. The van der Waals surface area contributed by atoms with E-state index in [2.05, 4.69) is 15.2 Å². The summed E-state index contributed by atoms with van der Waals surface area (Å²) in [7, 11) is 1.96. The first-order valence-electron chi connectivity index (χ1n) is 4.13. The van der Waals surface area contributed by atoms with E-state index < -0.39 is 0 Å². The fraction of sp³-hybridized carbons (Fsp3) is 0.111. The number of hydrogen-bond acceptors (Lipinski definition) is 2. The molecule has 4 heteroatoms. The van der Waals surface area contributed by atoms with E-state index in [-0.39, 0.29) is 0 Å². The Bertz CT molecular complexity index is 383. The monoisotopic (exact) mass is 170 g/mol. The van der Waals surface area contributed by atoms with Gasteiger partial charge in [-0.1, -0.05) is 35.8 Å². The molecule has 0 unspecified atom stereocenters. The zero-order valence-electron chi connectivity index (χ0n) is 7.36. The highest BCUT2D eigenvalue weighted by atomic mass is 15.2. The van der Waals surface area contributed by atoms with E-state index in [4.69, 9.17) is 0 Å². The lowest BCUT2D eigenvalue weighted by Gasteiger charge is -1.93. The molecule has 0 aliphatic rings. The minimum absolute atomic E-state index is 0.766. The van der Waals surface area contributed by atoms with Crippen LogP contribution < -0.4 is 11.2 Å². The van der Waals surface area contributed by atoms with Crippen LogP contribution in [0.15, 0.2) is 30.3 Å². The number of aromatic nitrogens is 3. The number of nitrogens with one attached hydrogen (secondary N) is 1. The molecule has 1 radical (unpaired) electrons. The first-order valence-corrected chi connectivity index (χ1v) is 4.13. The van der Waals surface area contributed by atoms with Crippen LogP contribution in [0.5, 0.6) is 0 Å². The minimum atomic E-state index is 0.766. The molecule has 0 saturated heterocycles. The van der Waals surface area contributed by atoms with E-state index in [1.165, 1.54) is 0 Å². The molecule has 1 aromatic carbocycles. The van der Waals surface area contributed by atoms with Crippen LogP contribution in [0, 0.1) is 6.92 Å². The Kier molecular flexibility index (Phi) is 2.12. The van der Waals surface area contributed by atoms with Gasteiger partial charge < -0.3 is 0 Å². The van der Waals surface area contributed by atoms with E-state index in [1.54, 1.807) is 0 Å². The third-order valence-corrected chi connectivity index (χ3v) is 1.72. The fourth-order valence-electron chi connectivity index (χ4n) is 1.13. The van der Waals surface area contributed by atoms with Crippen molar-refractivity contribution in [2.24, 2.45) is 0 Å². The normalized spacial score (nSPS) is 9.92. The lowest BCUT2D eigenvalue weighted by Crippen LogP contribution is -2.29. The lowest BCUT2D eigenvalue weighted by molar-refractivity contribution is 1.04. The SMILES string of the molecule is Cc1n[nH]c([B]c2ccccc2)n1. The van der Waals surface area contributed by atoms with Crippen LogP contribution in [0.2, 0.25) is 0 Å². The van der Waals surface area contributed by atoms with E-state index in [0.29, 0.717) is 0 Å². The van der Waals surface area contributed by atoms with Crippen LogP contribution in [-0.2, 0) is 0 Å². The topological polar surface area (TPSA) is 41.6 Å². The van der Waals surface area contributed by atoms with Crippen molar-refractivity contribution >= 4 is 18.5 Å².